The molecule has 1 amide bonds. The first-order valence-corrected chi connectivity index (χ1v) is 12.4. The van der Waals surface area contributed by atoms with Crippen LogP contribution in [0.4, 0.5) is 0 Å². The fraction of sp³-hybridized carbons (Fsp3) is 0.619. The van der Waals surface area contributed by atoms with E-state index in [9.17, 15) is 29.3 Å². The molecule has 12 heteroatoms. The number of rotatable bonds is 13. The third-order valence-corrected chi connectivity index (χ3v) is 6.75. The van der Waals surface area contributed by atoms with E-state index in [1.165, 1.54) is 0 Å². The molecular weight excluding hydrogens is 437 g/mol. The second-order valence-electron chi connectivity index (χ2n) is 7.87. The smallest absolute Gasteiger partial charge is 0.778 e. The molecule has 1 heterocycles. The minimum Gasteiger partial charge on any atom is -0.778 e. The largest absolute Gasteiger partial charge is 1.00 e. The number of β-amino-alcohol motifs (C(OH)–C–C–N with tert-alkyl or cyclic N) is 1. The summed E-state index contributed by atoms with van der Waals surface area (Å²) in [5, 5.41) is 21.1. The van der Waals surface area contributed by atoms with E-state index in [0.717, 1.165) is 16.9 Å². The Morgan fingerprint density at radius 2 is 1.85 bits per heavy atom. The van der Waals surface area contributed by atoms with Gasteiger partial charge in [-0.25, -0.2) is 0 Å². The number of aryl methyl sites for hydroxylation is 1. The van der Waals surface area contributed by atoms with Gasteiger partial charge in [-0.05, 0) is 50.6 Å². The Labute approximate surface area is 219 Å². The van der Waals surface area contributed by atoms with Crippen LogP contribution in [-0.2, 0) is 25.1 Å². The van der Waals surface area contributed by atoms with Crippen molar-refractivity contribution in [2.45, 2.75) is 63.2 Å². The van der Waals surface area contributed by atoms with Gasteiger partial charge >= 0.3 is 37.7 Å². The molecule has 1 unspecified atom stereocenters. The molecule has 3 N–H and O–H groups in total. The predicted molar refractivity (Wildman–Crippen MR) is 111 cm³/mol. The van der Waals surface area contributed by atoms with Crippen LogP contribution in [0, 0.1) is 0 Å². The van der Waals surface area contributed by atoms with Crippen molar-refractivity contribution in [2.24, 2.45) is 5.73 Å². The van der Waals surface area contributed by atoms with Gasteiger partial charge in [0.15, 0.2) is 0 Å². The summed E-state index contributed by atoms with van der Waals surface area (Å²) < 4.78 is 17.8. The number of carbonyl (C=O) groups is 2. The molecule has 4 atom stereocenters. The third kappa shape index (κ3) is 11.1. The van der Waals surface area contributed by atoms with Gasteiger partial charge in [0.25, 0.3) is 5.91 Å². The molecule has 9 nitrogen and oxygen atoms in total. The van der Waals surface area contributed by atoms with Gasteiger partial charge in [-0.15, -0.1) is 0 Å². The van der Waals surface area contributed by atoms with E-state index in [2.05, 4.69) is 0 Å². The van der Waals surface area contributed by atoms with Crippen LogP contribution in [0.1, 0.15) is 44.1 Å². The first-order chi connectivity index (χ1) is 14.7. The zero-order chi connectivity index (χ0) is 22.9. The van der Waals surface area contributed by atoms with E-state index >= 15 is 0 Å². The Morgan fingerprint density at radius 1 is 1.18 bits per heavy atom. The van der Waals surface area contributed by atoms with Gasteiger partial charge in [0.1, 0.15) is 13.7 Å². The van der Waals surface area contributed by atoms with Gasteiger partial charge in [0.05, 0.1) is 18.1 Å². The zero-order valence-electron chi connectivity index (χ0n) is 19.6. The number of hydrogen-bond acceptors (Lipinski definition) is 8. The van der Waals surface area contributed by atoms with Crippen LogP contribution in [0.2, 0.25) is 0 Å². The van der Waals surface area contributed by atoms with Gasteiger partial charge in [0.2, 0.25) is 0 Å². The number of aliphatic hydroxyl groups excluding tert-OH is 1. The van der Waals surface area contributed by atoms with Crippen molar-refractivity contribution < 1.29 is 71.5 Å². The first-order valence-electron chi connectivity index (χ1n) is 10.7. The standard InChI is InChI=1S/C21H33N2O7P.2Li/c22-12-6-4-11-19(20(25)23-15-17(24)14-18(23)21(26)27)30-31(28,29)13-7-5-10-16-8-2-1-3-9-16;;/h1-3,8-9,17-19,24H,4-7,10-15,22H2,(H,26,27)(H,28,29);;/q;2*+1/p-2/t17-,18+,19+;;/m1../s1. The van der Waals surface area contributed by atoms with Gasteiger partial charge in [-0.2, -0.15) is 0 Å². The quantitative estimate of drug-likeness (QED) is 0.165. The normalized spacial score (nSPS) is 20.3. The van der Waals surface area contributed by atoms with Crippen LogP contribution in [0.5, 0.6) is 0 Å². The van der Waals surface area contributed by atoms with Crippen molar-refractivity contribution in [1.82, 2.24) is 4.90 Å². The summed E-state index contributed by atoms with van der Waals surface area (Å²) in [6.45, 7) is 0.175. The molecule has 0 saturated carbocycles. The fourth-order valence-electron chi connectivity index (χ4n) is 3.69. The predicted octanol–water partition coefficient (Wildman–Crippen LogP) is -6.20. The number of aliphatic hydroxyl groups is 1. The van der Waals surface area contributed by atoms with Crippen molar-refractivity contribution >= 4 is 19.5 Å². The molecule has 0 aromatic heterocycles. The number of benzene rings is 1. The molecule has 1 aliphatic rings. The summed E-state index contributed by atoms with van der Waals surface area (Å²) in [5.41, 5.74) is 6.59. The van der Waals surface area contributed by atoms with Crippen LogP contribution in [-0.4, -0.2) is 59.4 Å². The van der Waals surface area contributed by atoms with Crippen molar-refractivity contribution in [3.05, 3.63) is 35.9 Å². The van der Waals surface area contributed by atoms with E-state index in [1.807, 2.05) is 30.3 Å². The number of carbonyl (C=O) groups excluding carboxylic acids is 2. The van der Waals surface area contributed by atoms with E-state index in [1.54, 1.807) is 0 Å². The molecule has 1 aliphatic heterocycles. The minimum atomic E-state index is -4.33. The Kier molecular flexibility index (Phi) is 15.9. The number of amides is 1. The van der Waals surface area contributed by atoms with Gasteiger partial charge < -0.3 is 39.6 Å². The molecule has 0 radical (unpaired) electrons. The number of unbranched alkanes of at least 4 members (excludes halogenated alkanes) is 2. The summed E-state index contributed by atoms with van der Waals surface area (Å²) in [7, 11) is -4.33. The molecule has 1 aromatic rings. The zero-order valence-corrected chi connectivity index (χ0v) is 20.5. The van der Waals surface area contributed by atoms with E-state index in [0.29, 0.717) is 32.2 Å². The van der Waals surface area contributed by atoms with E-state index < -0.39 is 37.7 Å². The summed E-state index contributed by atoms with van der Waals surface area (Å²) in [5.74, 6) is -2.25. The number of carboxylic acids is 1. The van der Waals surface area contributed by atoms with Crippen molar-refractivity contribution in [2.75, 3.05) is 19.3 Å². The molecule has 1 saturated heterocycles. The Bertz CT molecular complexity index is 772. The van der Waals surface area contributed by atoms with Crippen molar-refractivity contribution in [3.8, 4) is 0 Å². The Hall–Kier alpha value is -0.575. The van der Waals surface area contributed by atoms with Crippen molar-refractivity contribution in [1.29, 1.82) is 0 Å². The SMILES string of the molecule is NCCCC[C@H](OP(=O)([O-])CCCCc1ccccc1)C(=O)N1C[C@H](O)C[C@H]1C(=O)[O-].[Li+].[Li+]. The Balaban J connectivity index is 0.00000512. The molecule has 1 aromatic carbocycles. The van der Waals surface area contributed by atoms with E-state index in [-0.39, 0.29) is 63.3 Å². The number of carboxylic acid groups (broad SMARTS) is 1. The molecule has 0 aliphatic carbocycles. The fourth-order valence-corrected chi connectivity index (χ4v) is 4.99. The van der Waals surface area contributed by atoms with Gasteiger partial charge in [-0.3, -0.25) is 4.79 Å². The maximum atomic E-state index is 12.9. The third-order valence-electron chi connectivity index (χ3n) is 5.31. The second-order valence-corrected chi connectivity index (χ2v) is 9.75. The van der Waals surface area contributed by atoms with Crippen LogP contribution in [0.25, 0.3) is 0 Å². The molecule has 174 valence electrons. The maximum Gasteiger partial charge on any atom is 1.00 e. The number of hydrogen-bond donors (Lipinski definition) is 2. The topological polar surface area (TPSA) is 156 Å². The number of aliphatic carboxylic acids is 1. The Morgan fingerprint density at radius 3 is 2.45 bits per heavy atom. The minimum absolute atomic E-state index is 0. The molecule has 1 fully saturated rings. The van der Waals surface area contributed by atoms with Crippen LogP contribution in [0.3, 0.4) is 0 Å². The number of nitrogens with two attached hydrogens (primary N) is 1. The monoisotopic (exact) mass is 468 g/mol. The summed E-state index contributed by atoms with van der Waals surface area (Å²) in [4.78, 5) is 37.7. The summed E-state index contributed by atoms with van der Waals surface area (Å²) >= 11 is 0. The summed E-state index contributed by atoms with van der Waals surface area (Å²) in [6, 6.07) is 8.39. The molecule has 0 bridgehead atoms. The molecule has 33 heavy (non-hydrogen) atoms. The molecule has 0 spiro atoms. The van der Waals surface area contributed by atoms with Gasteiger partial charge in [-0.1, -0.05) is 30.3 Å². The van der Waals surface area contributed by atoms with E-state index in [4.69, 9.17) is 10.3 Å². The van der Waals surface area contributed by atoms with Crippen LogP contribution >= 0.6 is 7.60 Å². The molecule has 2 rings (SSSR count). The van der Waals surface area contributed by atoms with Crippen LogP contribution in [0.15, 0.2) is 30.3 Å². The first kappa shape index (κ1) is 32.4. The van der Waals surface area contributed by atoms with Crippen LogP contribution < -0.4 is 53.5 Å². The average Bonchev–Trinajstić information content (AvgIpc) is 3.13. The molecular formula is C21H31Li2N2O7P. The maximum absolute atomic E-state index is 12.9. The average molecular weight is 468 g/mol. The van der Waals surface area contributed by atoms with Gasteiger partial charge in [0, 0.05) is 19.1 Å². The number of likely N-dealkylation sites (tertiary alicyclic amines) is 1. The van der Waals surface area contributed by atoms with Crippen molar-refractivity contribution in [3.63, 3.8) is 0 Å². The number of nitrogens with zero attached hydrogens (tertiary/aromatic N) is 1. The summed E-state index contributed by atoms with van der Waals surface area (Å²) in [6.07, 6.45) is 0.167. The second kappa shape index (κ2) is 16.2.